The van der Waals surface area contributed by atoms with Gasteiger partial charge in [-0.1, -0.05) is 23.8 Å². The zero-order chi connectivity index (χ0) is 14.1. The first kappa shape index (κ1) is 15.5. The number of aromatic nitrogens is 2. The smallest absolute Gasteiger partial charge is 0.287 e. The number of ether oxygens (including phenoxy) is 1. The van der Waals surface area contributed by atoms with Gasteiger partial charge in [-0.25, -0.2) is 4.68 Å². The molecule has 6 heteroatoms. The summed E-state index contributed by atoms with van der Waals surface area (Å²) in [6.07, 6.45) is 5.73. The van der Waals surface area contributed by atoms with Crippen LogP contribution in [0.2, 0.25) is 5.02 Å². The summed E-state index contributed by atoms with van der Waals surface area (Å²) in [6.45, 7) is 9.22. The van der Waals surface area contributed by atoms with E-state index in [2.05, 4.69) is 23.6 Å². The van der Waals surface area contributed by atoms with Crippen molar-refractivity contribution in [2.75, 3.05) is 25.1 Å². The summed E-state index contributed by atoms with van der Waals surface area (Å²) < 4.78 is 6.59. The number of nitrogens with one attached hydrogen (secondary N) is 1. The van der Waals surface area contributed by atoms with E-state index in [1.807, 2.05) is 0 Å². The van der Waals surface area contributed by atoms with Gasteiger partial charge in [0.05, 0.1) is 31.6 Å². The van der Waals surface area contributed by atoms with Crippen LogP contribution in [0.3, 0.4) is 0 Å². The zero-order valence-corrected chi connectivity index (χ0v) is 11.5. The van der Waals surface area contributed by atoms with E-state index in [9.17, 15) is 4.79 Å². The number of allylic oxidation sites excluding steroid dienone is 1. The molecule has 5 nitrogen and oxygen atoms in total. The summed E-state index contributed by atoms with van der Waals surface area (Å²) in [6, 6.07) is 0. The number of anilines is 1. The van der Waals surface area contributed by atoms with E-state index in [-0.39, 0.29) is 10.6 Å². The van der Waals surface area contributed by atoms with Crippen LogP contribution >= 0.6 is 11.6 Å². The van der Waals surface area contributed by atoms with Crippen LogP contribution in [0.1, 0.15) is 6.42 Å². The molecule has 1 heterocycles. The Kier molecular flexibility index (Phi) is 6.92. The van der Waals surface area contributed by atoms with E-state index in [0.29, 0.717) is 32.0 Å². The lowest BCUT2D eigenvalue weighted by molar-refractivity contribution is 0.149. The topological polar surface area (TPSA) is 56.1 Å². The van der Waals surface area contributed by atoms with Crippen LogP contribution in [0.15, 0.2) is 36.3 Å². The predicted octanol–water partition coefficient (Wildman–Crippen LogP) is 2.09. The number of nitrogens with zero attached hydrogens (tertiary/aromatic N) is 2. The summed E-state index contributed by atoms with van der Waals surface area (Å²) in [5, 5.41) is 7.13. The summed E-state index contributed by atoms with van der Waals surface area (Å²) in [5.74, 6) is 0. The molecule has 0 saturated heterocycles. The van der Waals surface area contributed by atoms with Crippen molar-refractivity contribution in [3.63, 3.8) is 0 Å². The van der Waals surface area contributed by atoms with Crippen LogP contribution in [0.5, 0.6) is 0 Å². The number of hydrogen-bond acceptors (Lipinski definition) is 4. The molecule has 0 unspecified atom stereocenters. The molecular weight excluding hydrogens is 266 g/mol. The maximum absolute atomic E-state index is 11.8. The van der Waals surface area contributed by atoms with Gasteiger partial charge in [0.15, 0.2) is 0 Å². The highest BCUT2D eigenvalue weighted by atomic mass is 35.5. The van der Waals surface area contributed by atoms with Crippen molar-refractivity contribution in [2.24, 2.45) is 0 Å². The average molecular weight is 284 g/mol. The summed E-state index contributed by atoms with van der Waals surface area (Å²) in [4.78, 5) is 11.8. The molecule has 0 aliphatic carbocycles. The van der Waals surface area contributed by atoms with E-state index in [0.717, 1.165) is 6.42 Å². The average Bonchev–Trinajstić information content (AvgIpc) is 2.41. The Morgan fingerprint density at radius 1 is 1.42 bits per heavy atom. The quantitative estimate of drug-likeness (QED) is 0.557. The van der Waals surface area contributed by atoms with E-state index >= 15 is 0 Å². The number of rotatable bonds is 9. The highest BCUT2D eigenvalue weighted by Crippen LogP contribution is 2.14. The highest BCUT2D eigenvalue weighted by molar-refractivity contribution is 6.32. The Morgan fingerprint density at radius 2 is 2.21 bits per heavy atom. The Balaban J connectivity index is 2.50. The second-order valence-corrected chi connectivity index (χ2v) is 4.14. The first-order valence-corrected chi connectivity index (χ1v) is 6.37. The van der Waals surface area contributed by atoms with Gasteiger partial charge in [0.25, 0.3) is 5.56 Å². The van der Waals surface area contributed by atoms with Crippen LogP contribution in [-0.2, 0) is 11.3 Å². The van der Waals surface area contributed by atoms with Gasteiger partial charge < -0.3 is 10.1 Å². The van der Waals surface area contributed by atoms with Crippen LogP contribution in [0.25, 0.3) is 0 Å². The van der Waals surface area contributed by atoms with Crippen molar-refractivity contribution < 1.29 is 4.74 Å². The SMILES string of the molecule is C=CCCOCCNc1cnn(CC=C)c(=O)c1Cl. The van der Waals surface area contributed by atoms with E-state index < -0.39 is 0 Å². The van der Waals surface area contributed by atoms with Crippen LogP contribution in [0.4, 0.5) is 5.69 Å². The van der Waals surface area contributed by atoms with Crippen LogP contribution in [-0.4, -0.2) is 29.5 Å². The van der Waals surface area contributed by atoms with Crippen LogP contribution in [0, 0.1) is 0 Å². The molecule has 1 aromatic heterocycles. The minimum atomic E-state index is -0.334. The minimum absolute atomic E-state index is 0.128. The first-order chi connectivity index (χ1) is 9.20. The molecule has 104 valence electrons. The van der Waals surface area contributed by atoms with Gasteiger partial charge >= 0.3 is 0 Å². The predicted molar refractivity (Wildman–Crippen MR) is 77.8 cm³/mol. The number of hydrogen-bond donors (Lipinski definition) is 1. The molecule has 19 heavy (non-hydrogen) atoms. The molecule has 0 bridgehead atoms. The van der Waals surface area contributed by atoms with Gasteiger partial charge in [-0.3, -0.25) is 4.79 Å². The fourth-order valence-electron chi connectivity index (χ4n) is 1.37. The molecular formula is C13H18ClN3O2. The lowest BCUT2D eigenvalue weighted by Gasteiger charge is -2.09. The molecule has 1 rings (SSSR count). The molecule has 0 aromatic carbocycles. The van der Waals surface area contributed by atoms with Gasteiger partial charge in [0.1, 0.15) is 5.02 Å². The Labute approximate surface area is 117 Å². The first-order valence-electron chi connectivity index (χ1n) is 5.99. The fraction of sp³-hybridized carbons (Fsp3) is 0.385. The molecule has 0 amide bonds. The lowest BCUT2D eigenvalue weighted by atomic mass is 10.4. The monoisotopic (exact) mass is 283 g/mol. The summed E-state index contributed by atoms with van der Waals surface area (Å²) in [7, 11) is 0. The minimum Gasteiger partial charge on any atom is -0.380 e. The normalized spacial score (nSPS) is 10.2. The third-order valence-electron chi connectivity index (χ3n) is 2.32. The van der Waals surface area contributed by atoms with Crippen molar-refractivity contribution in [1.29, 1.82) is 0 Å². The molecule has 0 fully saturated rings. The summed E-state index contributed by atoms with van der Waals surface area (Å²) >= 11 is 5.97. The van der Waals surface area contributed by atoms with E-state index in [4.69, 9.17) is 16.3 Å². The molecule has 0 aliphatic heterocycles. The molecule has 0 atom stereocenters. The van der Waals surface area contributed by atoms with Crippen LogP contribution < -0.4 is 10.9 Å². The van der Waals surface area contributed by atoms with Gasteiger partial charge in [0, 0.05) is 6.54 Å². The maximum Gasteiger partial charge on any atom is 0.287 e. The third-order valence-corrected chi connectivity index (χ3v) is 2.68. The Hall–Kier alpha value is -1.59. The molecule has 0 spiro atoms. The Bertz CT molecular complexity index is 485. The molecule has 1 aromatic rings. The van der Waals surface area contributed by atoms with Gasteiger partial charge in [-0.15, -0.1) is 13.2 Å². The van der Waals surface area contributed by atoms with E-state index in [1.54, 1.807) is 12.2 Å². The second kappa shape index (κ2) is 8.50. The largest absolute Gasteiger partial charge is 0.380 e. The van der Waals surface area contributed by atoms with Gasteiger partial charge in [-0.2, -0.15) is 5.10 Å². The van der Waals surface area contributed by atoms with E-state index in [1.165, 1.54) is 10.9 Å². The fourth-order valence-corrected chi connectivity index (χ4v) is 1.58. The van der Waals surface area contributed by atoms with Crippen molar-refractivity contribution in [3.05, 3.63) is 46.9 Å². The molecule has 0 aliphatic rings. The standard InChI is InChI=1S/C13H18ClN3O2/c1-3-5-8-19-9-6-15-11-10-16-17(7-4-2)13(18)12(11)14/h3-4,10,15H,1-2,5-9H2. The van der Waals surface area contributed by atoms with Crippen molar-refractivity contribution >= 4 is 17.3 Å². The highest BCUT2D eigenvalue weighted by Gasteiger charge is 2.07. The van der Waals surface area contributed by atoms with Crippen molar-refractivity contribution in [3.8, 4) is 0 Å². The Morgan fingerprint density at radius 3 is 2.89 bits per heavy atom. The van der Waals surface area contributed by atoms with Crippen molar-refractivity contribution in [1.82, 2.24) is 9.78 Å². The number of halogens is 1. The second-order valence-electron chi connectivity index (χ2n) is 3.76. The molecule has 1 N–H and O–H groups in total. The third kappa shape index (κ3) is 4.89. The molecule has 0 saturated carbocycles. The van der Waals surface area contributed by atoms with Gasteiger partial charge in [0.2, 0.25) is 0 Å². The lowest BCUT2D eigenvalue weighted by Crippen LogP contribution is -2.24. The van der Waals surface area contributed by atoms with Crippen molar-refractivity contribution in [2.45, 2.75) is 13.0 Å². The maximum atomic E-state index is 11.8. The molecule has 0 radical (unpaired) electrons. The summed E-state index contributed by atoms with van der Waals surface area (Å²) in [5.41, 5.74) is 0.179. The zero-order valence-electron chi connectivity index (χ0n) is 10.8. The van der Waals surface area contributed by atoms with Gasteiger partial charge in [-0.05, 0) is 6.42 Å².